The molecule has 0 aliphatic carbocycles. The molecular formula is C74H109BrN8O16Pd. The Hall–Kier alpha value is -7.34. The minimum Gasteiger partial charge on any atom is -0.481 e. The number of aliphatic hydroxyl groups is 2. The molecule has 4 saturated heterocycles. The molecule has 4 aliphatic heterocycles. The molecule has 24 nitrogen and oxygen atoms in total. The van der Waals surface area contributed by atoms with Crippen molar-refractivity contribution in [2.45, 2.75) is 183 Å². The summed E-state index contributed by atoms with van der Waals surface area (Å²) in [5.41, 5.74) is 2.74. The van der Waals surface area contributed by atoms with Gasteiger partial charge in [0.05, 0.1) is 12.2 Å². The first-order valence-electron chi connectivity index (χ1n) is 33.8. The van der Waals surface area contributed by atoms with Crippen molar-refractivity contribution in [3.8, 4) is 0 Å². The molecule has 4 fully saturated rings. The molecule has 4 aliphatic rings. The molecule has 26 heteroatoms. The maximum Gasteiger partial charge on any atom is 0.411 e. The number of aliphatic carboxylic acids is 2. The average molecular weight is 1550 g/mol. The molecule has 8 rings (SSSR count). The SMILES string of the molecule is CC(=O)O.CC(=O)O.CC(C)(C)OC(=O)N1CCNCC1.C[C@@H](Cc1cccc(Br)c1)[C@H](O)[C@H]1C(=O)N(Cc2ccccc2)CCN1C(=O)OC(C)(C)C.C[C@@H](Cc1cccc(N2CCN(C(=O)OC(C)(C)C)CC2)c1)[C@H](O)[C@H]1C(=O)N(Cc2ccccc2)CCN1C(=O)OC(C)(C)C.[Pd]. The van der Waals surface area contributed by atoms with Crippen molar-refractivity contribution in [3.63, 3.8) is 0 Å². The van der Waals surface area contributed by atoms with Gasteiger partial charge in [0.15, 0.2) is 0 Å². The van der Waals surface area contributed by atoms with Gasteiger partial charge in [0.1, 0.15) is 34.5 Å². The molecule has 0 aromatic heterocycles. The number of piperazine rings is 4. The van der Waals surface area contributed by atoms with E-state index in [1.807, 2.05) is 159 Å². The Kier molecular flexibility index (Phi) is 35.0. The van der Waals surface area contributed by atoms with Crippen LogP contribution in [0, 0.1) is 11.8 Å². The van der Waals surface area contributed by atoms with Crippen molar-refractivity contribution in [2.75, 3.05) is 83.4 Å². The van der Waals surface area contributed by atoms with Gasteiger partial charge in [-0.15, -0.1) is 0 Å². The summed E-state index contributed by atoms with van der Waals surface area (Å²) in [6, 6.07) is 33.4. The molecule has 4 aromatic rings. The van der Waals surface area contributed by atoms with Gasteiger partial charge in [0.25, 0.3) is 11.9 Å². The van der Waals surface area contributed by atoms with Crippen LogP contribution in [0.4, 0.5) is 24.9 Å². The van der Waals surface area contributed by atoms with Gasteiger partial charge < -0.3 is 69.2 Å². The molecule has 0 bridgehead atoms. The van der Waals surface area contributed by atoms with Crippen LogP contribution in [0.15, 0.2) is 114 Å². The predicted octanol–water partition coefficient (Wildman–Crippen LogP) is 10.6. The number of aliphatic hydroxyl groups excluding tert-OH is 2. The van der Waals surface area contributed by atoms with Gasteiger partial charge in [0, 0.05) is 136 Å². The normalized spacial score (nSPS) is 17.8. The van der Waals surface area contributed by atoms with Crippen molar-refractivity contribution >= 4 is 69.7 Å². The van der Waals surface area contributed by atoms with E-state index in [0.717, 1.165) is 72.4 Å². The second-order valence-electron chi connectivity index (χ2n) is 29.1. The van der Waals surface area contributed by atoms with Crippen molar-refractivity contribution in [3.05, 3.63) is 136 Å². The van der Waals surface area contributed by atoms with Crippen LogP contribution in [-0.4, -0.2) is 223 Å². The minimum absolute atomic E-state index is 0. The molecule has 0 radical (unpaired) electrons. The Morgan fingerprint density at radius 3 is 1.16 bits per heavy atom. The van der Waals surface area contributed by atoms with E-state index in [9.17, 15) is 39.0 Å². The zero-order valence-electron chi connectivity index (χ0n) is 61.2. The molecule has 4 aromatic carbocycles. The Morgan fingerprint density at radius 1 is 0.470 bits per heavy atom. The average Bonchev–Trinajstić information content (AvgIpc) is 0.792. The molecule has 5 N–H and O–H groups in total. The topological polar surface area (TPSA) is 289 Å². The van der Waals surface area contributed by atoms with Gasteiger partial charge >= 0.3 is 24.4 Å². The third-order valence-electron chi connectivity index (χ3n) is 15.5. The van der Waals surface area contributed by atoms with E-state index in [1.54, 1.807) is 61.1 Å². The fraction of sp³-hybridized carbons (Fsp3) is 0.568. The number of halogens is 1. The van der Waals surface area contributed by atoms with Crippen LogP contribution in [-0.2, 0) is 84.5 Å². The molecule has 0 spiro atoms. The molecule has 6 amide bonds. The Morgan fingerprint density at radius 2 is 0.800 bits per heavy atom. The number of rotatable bonds is 13. The molecule has 4 heterocycles. The van der Waals surface area contributed by atoms with Crippen molar-refractivity contribution in [1.29, 1.82) is 0 Å². The van der Waals surface area contributed by atoms with Crippen LogP contribution >= 0.6 is 15.9 Å². The van der Waals surface area contributed by atoms with Crippen LogP contribution in [0.25, 0.3) is 0 Å². The van der Waals surface area contributed by atoms with Crippen LogP contribution in [0.1, 0.15) is 133 Å². The Labute approximate surface area is 613 Å². The van der Waals surface area contributed by atoms with E-state index in [4.69, 9.17) is 38.7 Å². The Bertz CT molecular complexity index is 3220. The van der Waals surface area contributed by atoms with Crippen molar-refractivity contribution in [1.82, 2.24) is 34.7 Å². The Balaban J connectivity index is 0.000000410. The number of nitrogens with one attached hydrogen (secondary N) is 1. The maximum absolute atomic E-state index is 13.9. The number of carboxylic acids is 2. The maximum atomic E-state index is 13.9. The molecule has 6 atom stereocenters. The van der Waals surface area contributed by atoms with Crippen LogP contribution in [0.2, 0.25) is 0 Å². The van der Waals surface area contributed by atoms with Crippen LogP contribution in [0.3, 0.4) is 0 Å². The second kappa shape index (κ2) is 40.3. The summed E-state index contributed by atoms with van der Waals surface area (Å²) in [7, 11) is 0. The van der Waals surface area contributed by atoms with Crippen molar-refractivity contribution in [2.24, 2.45) is 11.8 Å². The zero-order valence-corrected chi connectivity index (χ0v) is 64.3. The number of anilines is 1. The first-order chi connectivity index (χ1) is 46.1. The fourth-order valence-electron chi connectivity index (χ4n) is 11.0. The van der Waals surface area contributed by atoms with E-state index >= 15 is 0 Å². The minimum atomic E-state index is -1.11. The van der Waals surface area contributed by atoms with E-state index in [0.29, 0.717) is 71.7 Å². The van der Waals surface area contributed by atoms with Gasteiger partial charge in [-0.1, -0.05) is 115 Å². The van der Waals surface area contributed by atoms with Gasteiger partial charge in [-0.25, -0.2) is 19.2 Å². The van der Waals surface area contributed by atoms with E-state index in [-0.39, 0.29) is 68.4 Å². The number of carboxylic acid groups (broad SMARTS) is 2. The summed E-state index contributed by atoms with van der Waals surface area (Å²) in [5, 5.41) is 41.1. The molecule has 558 valence electrons. The summed E-state index contributed by atoms with van der Waals surface area (Å²) in [6.45, 7) is 35.8. The smallest absolute Gasteiger partial charge is 0.411 e. The molecule has 0 saturated carbocycles. The first kappa shape index (κ1) is 86.9. The van der Waals surface area contributed by atoms with Gasteiger partial charge in [0.2, 0.25) is 11.8 Å². The van der Waals surface area contributed by atoms with Gasteiger partial charge in [-0.3, -0.25) is 29.0 Å². The fourth-order valence-corrected chi connectivity index (χ4v) is 11.5. The summed E-state index contributed by atoms with van der Waals surface area (Å²) in [4.78, 5) is 108. The number of hydrogen-bond acceptors (Lipinski definition) is 16. The number of nitrogens with zero attached hydrogens (tertiary/aromatic N) is 7. The van der Waals surface area contributed by atoms with E-state index < -0.39 is 65.2 Å². The van der Waals surface area contributed by atoms with Gasteiger partial charge in [-0.05, 0) is 154 Å². The molecular weight excluding hydrogens is 1440 g/mol. The second-order valence-corrected chi connectivity index (χ2v) is 30.0. The summed E-state index contributed by atoms with van der Waals surface area (Å²) in [5.74, 6) is -2.80. The predicted molar refractivity (Wildman–Crippen MR) is 383 cm³/mol. The quantitative estimate of drug-likeness (QED) is 0.0614. The summed E-state index contributed by atoms with van der Waals surface area (Å²) >= 11 is 3.48. The van der Waals surface area contributed by atoms with Crippen LogP contribution in [0.5, 0.6) is 0 Å². The van der Waals surface area contributed by atoms with E-state index in [1.165, 1.54) is 9.80 Å². The van der Waals surface area contributed by atoms with Gasteiger partial charge in [-0.2, -0.15) is 0 Å². The third kappa shape index (κ3) is 31.3. The standard InChI is InChI=1S/C35H50N4O6.C26H33BrN2O4.C9H18N2O2.2C2H4O2.Pd/c1-25(22-27-14-11-15-28(23-27)36-16-18-37(19-17-36)32(42)44-34(2,3)4)30(40)29-31(41)38(24-26-12-9-8-10-13-26)20-21-39(29)33(43)45-35(5,6)7;1-18(15-20-11-8-12-21(27)16-20)23(30)22-24(31)28(17-19-9-6-5-7-10-19)13-14-29(22)25(32)33-26(2,3)4;1-9(2,3)13-8(12)11-6-4-10-5-7-11;2*1-2(3)4;/h8-15,23,25,29-30,40H,16-22,24H2,1-7H3;5-12,16,18,22-23,30H,13-15,17H2,1-4H3;10H,4-7H2,1-3H3;2*1H3,(H,3,4);/t25-,29-,30-;18-,22-,23-;;;;/m00..../s1. The first-order valence-corrected chi connectivity index (χ1v) is 34.6. The molecule has 0 unspecified atom stereocenters. The number of carbonyl (C=O) groups is 8. The monoisotopic (exact) mass is 1550 g/mol. The number of ether oxygens (including phenoxy) is 4. The van der Waals surface area contributed by atoms with Crippen LogP contribution < -0.4 is 10.2 Å². The number of hydrogen-bond donors (Lipinski definition) is 5. The zero-order chi connectivity index (χ0) is 74.2. The summed E-state index contributed by atoms with van der Waals surface area (Å²) in [6.07, 6.45) is -2.73. The number of carbonyl (C=O) groups excluding carboxylic acids is 6. The largest absolute Gasteiger partial charge is 0.481 e. The number of amides is 6. The van der Waals surface area contributed by atoms with Crippen molar-refractivity contribution < 1.29 is 98.2 Å². The number of benzene rings is 4. The third-order valence-corrected chi connectivity index (χ3v) is 16.0. The molecule has 100 heavy (non-hydrogen) atoms. The van der Waals surface area contributed by atoms with E-state index in [2.05, 4.69) is 32.2 Å². The summed E-state index contributed by atoms with van der Waals surface area (Å²) < 4.78 is 22.9.